The molecule has 1 aromatic heterocycles. The molecule has 19 heavy (non-hydrogen) atoms. The second-order valence-corrected chi connectivity index (χ2v) is 5.69. The van der Waals surface area contributed by atoms with E-state index >= 15 is 0 Å². The van der Waals surface area contributed by atoms with Crippen molar-refractivity contribution in [1.82, 2.24) is 15.5 Å². The van der Waals surface area contributed by atoms with Crippen LogP contribution in [0.3, 0.4) is 0 Å². The Morgan fingerprint density at radius 3 is 2.89 bits per heavy atom. The fourth-order valence-corrected chi connectivity index (χ4v) is 2.63. The van der Waals surface area contributed by atoms with Gasteiger partial charge in [-0.15, -0.1) is 0 Å². The molecule has 1 aliphatic rings. The summed E-state index contributed by atoms with van der Waals surface area (Å²) in [6.07, 6.45) is 2.05. The summed E-state index contributed by atoms with van der Waals surface area (Å²) < 4.78 is 11.2. The van der Waals surface area contributed by atoms with Gasteiger partial charge in [-0.25, -0.2) is 0 Å². The van der Waals surface area contributed by atoms with Gasteiger partial charge in [0.1, 0.15) is 6.10 Å². The molecule has 0 aromatic carbocycles. The summed E-state index contributed by atoms with van der Waals surface area (Å²) in [6.45, 7) is 10.1. The van der Waals surface area contributed by atoms with Crippen LogP contribution in [0, 0.1) is 5.92 Å². The molecule has 2 heterocycles. The highest BCUT2D eigenvalue weighted by Crippen LogP contribution is 2.29. The molecule has 5 nitrogen and oxygen atoms in total. The lowest BCUT2D eigenvalue weighted by atomic mass is 9.93. The van der Waals surface area contributed by atoms with E-state index in [1.807, 2.05) is 6.92 Å². The van der Waals surface area contributed by atoms with E-state index in [9.17, 15) is 0 Å². The standard InChI is InChI=1S/C14H25N3O2/c1-5-18-12(9(2)3)13-16-14(19-17-13)11-6-7-15-10(4)8-11/h9-12,15H,5-8H2,1-4H3. The minimum Gasteiger partial charge on any atom is -0.370 e. The summed E-state index contributed by atoms with van der Waals surface area (Å²) >= 11 is 0. The van der Waals surface area contributed by atoms with Gasteiger partial charge < -0.3 is 14.6 Å². The molecule has 108 valence electrons. The van der Waals surface area contributed by atoms with E-state index in [4.69, 9.17) is 9.26 Å². The zero-order chi connectivity index (χ0) is 13.8. The first-order valence-electron chi connectivity index (χ1n) is 7.30. The summed E-state index contributed by atoms with van der Waals surface area (Å²) in [6, 6.07) is 0.516. The van der Waals surface area contributed by atoms with Gasteiger partial charge in [0.15, 0.2) is 0 Å². The first-order chi connectivity index (χ1) is 9.11. The maximum atomic E-state index is 5.71. The van der Waals surface area contributed by atoms with Crippen molar-refractivity contribution in [2.75, 3.05) is 13.2 Å². The Hall–Kier alpha value is -0.940. The highest BCUT2D eigenvalue weighted by molar-refractivity contribution is 5.00. The van der Waals surface area contributed by atoms with E-state index in [1.54, 1.807) is 0 Å². The van der Waals surface area contributed by atoms with E-state index in [0.717, 1.165) is 25.3 Å². The average Bonchev–Trinajstić information content (AvgIpc) is 2.84. The number of hydrogen-bond donors (Lipinski definition) is 1. The Kier molecular flexibility index (Phi) is 4.93. The Labute approximate surface area is 115 Å². The topological polar surface area (TPSA) is 60.2 Å². The molecular weight excluding hydrogens is 242 g/mol. The van der Waals surface area contributed by atoms with E-state index in [1.165, 1.54) is 0 Å². The second-order valence-electron chi connectivity index (χ2n) is 5.69. The fraction of sp³-hybridized carbons (Fsp3) is 0.857. The van der Waals surface area contributed by atoms with Gasteiger partial charge >= 0.3 is 0 Å². The van der Waals surface area contributed by atoms with Crippen molar-refractivity contribution in [3.63, 3.8) is 0 Å². The van der Waals surface area contributed by atoms with E-state index in [-0.39, 0.29) is 6.10 Å². The number of ether oxygens (including phenoxy) is 1. The van der Waals surface area contributed by atoms with Crippen LogP contribution >= 0.6 is 0 Å². The van der Waals surface area contributed by atoms with Crippen LogP contribution in [0.1, 0.15) is 64.3 Å². The summed E-state index contributed by atoms with van der Waals surface area (Å²) in [5.74, 6) is 2.19. The molecule has 0 bridgehead atoms. The van der Waals surface area contributed by atoms with Crippen LogP contribution in [0.25, 0.3) is 0 Å². The molecule has 1 saturated heterocycles. The molecule has 0 amide bonds. The van der Waals surface area contributed by atoms with Crippen LogP contribution < -0.4 is 5.32 Å². The molecule has 0 aliphatic carbocycles. The monoisotopic (exact) mass is 267 g/mol. The first kappa shape index (κ1) is 14.5. The lowest BCUT2D eigenvalue weighted by Gasteiger charge is -2.25. The van der Waals surface area contributed by atoms with Crippen LogP contribution in [0.4, 0.5) is 0 Å². The lowest BCUT2D eigenvalue weighted by molar-refractivity contribution is 0.0217. The van der Waals surface area contributed by atoms with Crippen molar-refractivity contribution in [2.24, 2.45) is 5.92 Å². The van der Waals surface area contributed by atoms with Crippen LogP contribution in [0.2, 0.25) is 0 Å². The largest absolute Gasteiger partial charge is 0.370 e. The van der Waals surface area contributed by atoms with Gasteiger partial charge in [-0.05, 0) is 39.2 Å². The number of piperidine rings is 1. The molecular formula is C14H25N3O2. The van der Waals surface area contributed by atoms with Crippen LogP contribution in [-0.2, 0) is 4.74 Å². The van der Waals surface area contributed by atoms with Crippen LogP contribution in [-0.4, -0.2) is 29.3 Å². The fourth-order valence-electron chi connectivity index (χ4n) is 2.63. The second kappa shape index (κ2) is 6.48. The highest BCUT2D eigenvalue weighted by Gasteiger charge is 2.28. The molecule has 3 unspecified atom stereocenters. The molecule has 1 aromatic rings. The smallest absolute Gasteiger partial charge is 0.229 e. The molecule has 3 atom stereocenters. The van der Waals surface area contributed by atoms with E-state index < -0.39 is 0 Å². The van der Waals surface area contributed by atoms with Crippen LogP contribution in [0.5, 0.6) is 0 Å². The summed E-state index contributed by atoms with van der Waals surface area (Å²) in [7, 11) is 0. The lowest BCUT2D eigenvalue weighted by Crippen LogP contribution is -2.35. The number of hydrogen-bond acceptors (Lipinski definition) is 5. The number of aromatic nitrogens is 2. The predicted octanol–water partition coefficient (Wildman–Crippen LogP) is 2.66. The molecule has 1 aliphatic heterocycles. The molecule has 5 heteroatoms. The third-order valence-corrected chi connectivity index (χ3v) is 3.64. The normalized spacial score (nSPS) is 25.7. The molecule has 0 radical (unpaired) electrons. The van der Waals surface area contributed by atoms with Gasteiger partial charge in [-0.1, -0.05) is 19.0 Å². The maximum absolute atomic E-state index is 5.71. The van der Waals surface area contributed by atoms with Crippen molar-refractivity contribution in [2.45, 2.75) is 58.6 Å². The Balaban J connectivity index is 2.08. The van der Waals surface area contributed by atoms with Crippen molar-refractivity contribution >= 4 is 0 Å². The van der Waals surface area contributed by atoms with Crippen LogP contribution in [0.15, 0.2) is 4.52 Å². The number of nitrogens with one attached hydrogen (secondary N) is 1. The molecule has 0 spiro atoms. The molecule has 1 N–H and O–H groups in total. The van der Waals surface area contributed by atoms with E-state index in [2.05, 4.69) is 36.2 Å². The summed E-state index contributed by atoms with van der Waals surface area (Å²) in [4.78, 5) is 4.58. The zero-order valence-electron chi connectivity index (χ0n) is 12.3. The first-order valence-corrected chi connectivity index (χ1v) is 7.30. The minimum atomic E-state index is -0.0679. The molecule has 2 rings (SSSR count). The SMILES string of the molecule is CCOC(c1noc(C2CCNC(C)C2)n1)C(C)C. The number of nitrogens with zero attached hydrogens (tertiary/aromatic N) is 2. The van der Waals surface area contributed by atoms with E-state index in [0.29, 0.717) is 30.3 Å². The maximum Gasteiger partial charge on any atom is 0.229 e. The minimum absolute atomic E-state index is 0.0679. The van der Waals surface area contributed by atoms with Crippen molar-refractivity contribution in [1.29, 1.82) is 0 Å². The average molecular weight is 267 g/mol. The van der Waals surface area contributed by atoms with Crippen molar-refractivity contribution in [3.8, 4) is 0 Å². The summed E-state index contributed by atoms with van der Waals surface area (Å²) in [5, 5.41) is 7.56. The van der Waals surface area contributed by atoms with Gasteiger partial charge in [-0.3, -0.25) is 0 Å². The zero-order valence-corrected chi connectivity index (χ0v) is 12.3. The Bertz CT molecular complexity index is 392. The molecule has 0 saturated carbocycles. The van der Waals surface area contributed by atoms with Gasteiger partial charge in [-0.2, -0.15) is 4.98 Å². The van der Waals surface area contributed by atoms with Gasteiger partial charge in [0, 0.05) is 18.6 Å². The number of rotatable bonds is 5. The third-order valence-electron chi connectivity index (χ3n) is 3.64. The van der Waals surface area contributed by atoms with Gasteiger partial charge in [0.25, 0.3) is 0 Å². The predicted molar refractivity (Wildman–Crippen MR) is 72.9 cm³/mol. The third kappa shape index (κ3) is 3.54. The van der Waals surface area contributed by atoms with Crippen molar-refractivity contribution in [3.05, 3.63) is 11.7 Å². The van der Waals surface area contributed by atoms with Gasteiger partial charge in [0.2, 0.25) is 11.7 Å². The van der Waals surface area contributed by atoms with Crippen molar-refractivity contribution < 1.29 is 9.26 Å². The summed E-state index contributed by atoms with van der Waals surface area (Å²) in [5.41, 5.74) is 0. The Morgan fingerprint density at radius 1 is 1.47 bits per heavy atom. The van der Waals surface area contributed by atoms with Gasteiger partial charge in [0.05, 0.1) is 0 Å². The Morgan fingerprint density at radius 2 is 2.26 bits per heavy atom. The quantitative estimate of drug-likeness (QED) is 0.888. The molecule has 1 fully saturated rings. The highest BCUT2D eigenvalue weighted by atomic mass is 16.5.